The molecule has 1 saturated heterocycles. The molecule has 3 rings (SSSR count). The Hall–Kier alpha value is -1.02. The Morgan fingerprint density at radius 3 is 2.79 bits per heavy atom. The van der Waals surface area contributed by atoms with Crippen LogP contribution in [0.15, 0.2) is 40.3 Å². The summed E-state index contributed by atoms with van der Waals surface area (Å²) in [4.78, 5) is 10.4. The van der Waals surface area contributed by atoms with Crippen molar-refractivity contribution in [3.63, 3.8) is 0 Å². The molecule has 0 aliphatic carbocycles. The predicted octanol–water partition coefficient (Wildman–Crippen LogP) is 3.83. The number of aromatic nitrogens is 1. The van der Waals surface area contributed by atoms with Crippen molar-refractivity contribution in [3.8, 4) is 0 Å². The fourth-order valence-corrected chi connectivity index (χ4v) is 4.91. The highest BCUT2D eigenvalue weighted by Crippen LogP contribution is 2.42. The second-order valence-corrected chi connectivity index (χ2v) is 9.00. The zero-order chi connectivity index (χ0) is 17.1. The summed E-state index contributed by atoms with van der Waals surface area (Å²) in [6, 6.07) is 10.6. The van der Waals surface area contributed by atoms with Gasteiger partial charge in [0.15, 0.2) is 5.11 Å². The van der Waals surface area contributed by atoms with Gasteiger partial charge in [-0.05, 0) is 79.5 Å². The lowest BCUT2D eigenvalue weighted by molar-refractivity contribution is 0.296. The number of hydrogen-bond donors (Lipinski definition) is 1. The van der Waals surface area contributed by atoms with E-state index < -0.39 is 0 Å². The molecule has 2 aromatic rings. The van der Waals surface area contributed by atoms with E-state index in [-0.39, 0.29) is 12.1 Å². The molecule has 128 valence electrons. The second kappa shape index (κ2) is 7.91. The highest BCUT2D eigenvalue weighted by atomic mass is 79.9. The van der Waals surface area contributed by atoms with Crippen LogP contribution < -0.4 is 5.32 Å². The number of nitrogens with one attached hydrogen (secondary N) is 1. The third-order valence-electron chi connectivity index (χ3n) is 4.09. The van der Waals surface area contributed by atoms with Gasteiger partial charge >= 0.3 is 0 Å². The van der Waals surface area contributed by atoms with Crippen molar-refractivity contribution in [2.45, 2.75) is 18.5 Å². The van der Waals surface area contributed by atoms with E-state index in [4.69, 9.17) is 12.2 Å². The summed E-state index contributed by atoms with van der Waals surface area (Å²) >= 11 is 11.0. The van der Waals surface area contributed by atoms with Crippen molar-refractivity contribution in [2.75, 3.05) is 27.2 Å². The maximum Gasteiger partial charge on any atom is 0.170 e. The lowest BCUT2D eigenvalue weighted by atomic mass is 10.0. The summed E-state index contributed by atoms with van der Waals surface area (Å²) in [5.74, 6) is 0. The van der Waals surface area contributed by atoms with E-state index in [9.17, 15) is 0 Å². The van der Waals surface area contributed by atoms with Crippen LogP contribution in [0.25, 0.3) is 0 Å². The van der Waals surface area contributed by atoms with Gasteiger partial charge in [0.2, 0.25) is 0 Å². The topological polar surface area (TPSA) is 31.4 Å². The molecule has 0 spiro atoms. The quantitative estimate of drug-likeness (QED) is 0.712. The van der Waals surface area contributed by atoms with Gasteiger partial charge in [0, 0.05) is 17.6 Å². The largest absolute Gasteiger partial charge is 0.352 e. The van der Waals surface area contributed by atoms with E-state index in [0.717, 1.165) is 34.1 Å². The van der Waals surface area contributed by atoms with Crippen molar-refractivity contribution in [2.24, 2.45) is 0 Å². The van der Waals surface area contributed by atoms with Crippen molar-refractivity contribution in [1.29, 1.82) is 0 Å². The molecule has 2 aromatic heterocycles. The number of halogens is 1. The smallest absolute Gasteiger partial charge is 0.170 e. The number of thiocarbonyl (C=S) groups is 1. The van der Waals surface area contributed by atoms with Crippen molar-refractivity contribution < 1.29 is 0 Å². The molecular formula is C17H21BrN4S2. The van der Waals surface area contributed by atoms with Gasteiger partial charge in [-0.3, -0.25) is 4.98 Å². The number of thiophene rings is 1. The van der Waals surface area contributed by atoms with Gasteiger partial charge in [0.1, 0.15) is 0 Å². The minimum Gasteiger partial charge on any atom is -0.352 e. The Kier molecular flexibility index (Phi) is 5.86. The molecule has 1 aliphatic rings. The molecule has 7 heteroatoms. The first-order chi connectivity index (χ1) is 11.6. The summed E-state index contributed by atoms with van der Waals surface area (Å²) in [6.07, 6.45) is 2.92. The van der Waals surface area contributed by atoms with E-state index in [1.54, 1.807) is 11.3 Å². The molecule has 1 fully saturated rings. The molecule has 3 heterocycles. The molecule has 2 atom stereocenters. The lowest BCUT2D eigenvalue weighted by Gasteiger charge is -2.27. The first kappa shape index (κ1) is 17.8. The van der Waals surface area contributed by atoms with Crippen molar-refractivity contribution >= 4 is 44.6 Å². The maximum absolute atomic E-state index is 5.65. The van der Waals surface area contributed by atoms with Gasteiger partial charge in [0.25, 0.3) is 0 Å². The molecule has 0 saturated carbocycles. The van der Waals surface area contributed by atoms with Crippen LogP contribution in [0.4, 0.5) is 0 Å². The highest BCUT2D eigenvalue weighted by molar-refractivity contribution is 9.11. The Morgan fingerprint density at radius 2 is 2.17 bits per heavy atom. The van der Waals surface area contributed by atoms with Gasteiger partial charge in [-0.25, -0.2) is 0 Å². The fourth-order valence-electron chi connectivity index (χ4n) is 3.00. The molecule has 2 unspecified atom stereocenters. The van der Waals surface area contributed by atoms with Crippen LogP contribution in [0.3, 0.4) is 0 Å². The zero-order valence-corrected chi connectivity index (χ0v) is 17.0. The van der Waals surface area contributed by atoms with E-state index in [1.807, 2.05) is 18.3 Å². The van der Waals surface area contributed by atoms with Gasteiger partial charge in [-0.2, -0.15) is 0 Å². The van der Waals surface area contributed by atoms with Crippen molar-refractivity contribution in [1.82, 2.24) is 20.1 Å². The first-order valence-corrected chi connectivity index (χ1v) is 9.96. The van der Waals surface area contributed by atoms with Crippen LogP contribution in [-0.4, -0.2) is 47.1 Å². The molecule has 24 heavy (non-hydrogen) atoms. The Morgan fingerprint density at radius 1 is 1.33 bits per heavy atom. The lowest BCUT2D eigenvalue weighted by Crippen LogP contribution is -2.32. The number of nitrogens with zero attached hydrogens (tertiary/aromatic N) is 3. The molecule has 1 aliphatic heterocycles. The molecule has 0 bridgehead atoms. The SMILES string of the molecule is CN(C)CCCN1C(=S)NC(c2ccccn2)C1c1ccc(Br)s1. The van der Waals surface area contributed by atoms with Gasteiger partial charge in [-0.15, -0.1) is 11.3 Å². The van der Waals surface area contributed by atoms with Crippen LogP contribution >= 0.6 is 39.5 Å². The number of rotatable bonds is 6. The van der Waals surface area contributed by atoms with E-state index in [2.05, 4.69) is 68.3 Å². The third-order valence-corrected chi connectivity index (χ3v) is 6.13. The minimum absolute atomic E-state index is 0.0867. The van der Waals surface area contributed by atoms with Gasteiger partial charge in [0.05, 0.1) is 21.6 Å². The monoisotopic (exact) mass is 424 g/mol. The average Bonchev–Trinajstić information content (AvgIpc) is 3.12. The molecule has 0 amide bonds. The maximum atomic E-state index is 5.65. The summed E-state index contributed by atoms with van der Waals surface area (Å²) in [5, 5.41) is 4.31. The third kappa shape index (κ3) is 3.96. The normalized spacial score (nSPS) is 20.7. The van der Waals surface area contributed by atoms with E-state index in [0.29, 0.717) is 0 Å². The molecule has 1 N–H and O–H groups in total. The van der Waals surface area contributed by atoms with Gasteiger partial charge in [-0.1, -0.05) is 6.07 Å². The fraction of sp³-hybridized carbons (Fsp3) is 0.412. The second-order valence-electron chi connectivity index (χ2n) is 6.12. The van der Waals surface area contributed by atoms with Crippen LogP contribution in [0, 0.1) is 0 Å². The summed E-state index contributed by atoms with van der Waals surface area (Å²) in [6.45, 7) is 1.99. The van der Waals surface area contributed by atoms with Crippen LogP contribution in [0.1, 0.15) is 29.1 Å². The van der Waals surface area contributed by atoms with Crippen LogP contribution in [0.5, 0.6) is 0 Å². The molecular weight excluding hydrogens is 404 g/mol. The number of pyridine rings is 1. The summed E-state index contributed by atoms with van der Waals surface area (Å²) in [7, 11) is 4.20. The van der Waals surface area contributed by atoms with Gasteiger partial charge < -0.3 is 15.1 Å². The Balaban J connectivity index is 1.88. The minimum atomic E-state index is 0.0867. The van der Waals surface area contributed by atoms with E-state index >= 15 is 0 Å². The van der Waals surface area contributed by atoms with Crippen molar-refractivity contribution in [3.05, 3.63) is 50.9 Å². The average molecular weight is 425 g/mol. The van der Waals surface area contributed by atoms with E-state index in [1.165, 1.54) is 4.88 Å². The Bertz CT molecular complexity index is 689. The number of hydrogen-bond acceptors (Lipinski definition) is 4. The van der Waals surface area contributed by atoms with Crippen LogP contribution in [0.2, 0.25) is 0 Å². The highest BCUT2D eigenvalue weighted by Gasteiger charge is 2.40. The molecule has 4 nitrogen and oxygen atoms in total. The zero-order valence-electron chi connectivity index (χ0n) is 13.8. The molecule has 0 radical (unpaired) electrons. The predicted molar refractivity (Wildman–Crippen MR) is 107 cm³/mol. The first-order valence-electron chi connectivity index (χ1n) is 7.94. The standard InChI is InChI=1S/C17H21BrN4S2/c1-21(2)10-5-11-22-16(13-7-8-14(18)24-13)15(20-17(22)23)12-6-3-4-9-19-12/h3-4,6-9,15-16H,5,10-11H2,1-2H3,(H,20,23). The summed E-state index contributed by atoms with van der Waals surface area (Å²) < 4.78 is 1.14. The summed E-state index contributed by atoms with van der Waals surface area (Å²) in [5.41, 5.74) is 1.03. The Labute approximate surface area is 161 Å². The molecule has 0 aromatic carbocycles. The van der Waals surface area contributed by atoms with Crippen LogP contribution in [-0.2, 0) is 0 Å².